The predicted octanol–water partition coefficient (Wildman–Crippen LogP) is 6.68. The standard InChI is InChI=1S/C14H5Cl3F6N2OS2/c1-28(26)12-10(27-14(21,22)23)6(4-24)11(17)25(12)9-7(15)2-5(3-8(9)16)13(18,19)20/h2-3H,1H3. The van der Waals surface area contributed by atoms with Crippen LogP contribution >= 0.6 is 46.6 Å². The molecule has 3 nitrogen and oxygen atoms in total. The van der Waals surface area contributed by atoms with Crippen LogP contribution in [0.2, 0.25) is 15.2 Å². The molecule has 1 aromatic carbocycles. The van der Waals surface area contributed by atoms with Crippen molar-refractivity contribution in [1.82, 2.24) is 4.57 Å². The minimum atomic E-state index is -4.86. The van der Waals surface area contributed by atoms with Crippen LogP contribution in [0.25, 0.3) is 5.69 Å². The van der Waals surface area contributed by atoms with Gasteiger partial charge in [-0.1, -0.05) is 34.8 Å². The van der Waals surface area contributed by atoms with E-state index in [0.717, 1.165) is 6.26 Å². The molecular weight excluding hydrogens is 497 g/mol. The van der Waals surface area contributed by atoms with Gasteiger partial charge >= 0.3 is 11.7 Å². The first-order chi connectivity index (χ1) is 12.7. The lowest BCUT2D eigenvalue weighted by atomic mass is 10.2. The maximum atomic E-state index is 12.9. The molecule has 1 atom stereocenters. The molecule has 0 saturated heterocycles. The normalized spacial score (nSPS) is 13.5. The number of nitriles is 1. The minimum absolute atomic E-state index is 0.433. The molecule has 0 fully saturated rings. The smallest absolute Gasteiger partial charge is 0.288 e. The molecule has 1 aromatic heterocycles. The summed E-state index contributed by atoms with van der Waals surface area (Å²) in [5.74, 6) is 0. The van der Waals surface area contributed by atoms with Crippen LogP contribution < -0.4 is 0 Å². The molecular formula is C14H5Cl3F6N2OS2. The molecule has 1 unspecified atom stereocenters. The van der Waals surface area contributed by atoms with Gasteiger partial charge in [-0.05, 0) is 23.9 Å². The topological polar surface area (TPSA) is 45.8 Å². The minimum Gasteiger partial charge on any atom is -0.288 e. The lowest BCUT2D eigenvalue weighted by Gasteiger charge is -2.16. The highest BCUT2D eigenvalue weighted by atomic mass is 35.5. The number of benzene rings is 1. The summed E-state index contributed by atoms with van der Waals surface area (Å²) in [5.41, 5.74) is -7.17. The van der Waals surface area contributed by atoms with E-state index in [1.165, 1.54) is 6.07 Å². The molecule has 14 heteroatoms. The Kier molecular flexibility index (Phi) is 6.63. The first-order valence-corrected chi connectivity index (χ1v) is 10.2. The van der Waals surface area contributed by atoms with Crippen LogP contribution in [0.5, 0.6) is 0 Å². The Morgan fingerprint density at radius 3 is 1.96 bits per heavy atom. The van der Waals surface area contributed by atoms with E-state index in [9.17, 15) is 35.8 Å². The number of nitrogens with zero attached hydrogens (tertiary/aromatic N) is 2. The summed E-state index contributed by atoms with van der Waals surface area (Å²) in [6.07, 6.45) is -3.78. The number of rotatable bonds is 3. The molecule has 0 spiro atoms. The maximum Gasteiger partial charge on any atom is 0.446 e. The summed E-state index contributed by atoms with van der Waals surface area (Å²) in [7, 11) is -2.15. The number of thioether (sulfide) groups is 1. The number of hydrogen-bond acceptors (Lipinski definition) is 3. The van der Waals surface area contributed by atoms with Gasteiger partial charge in [-0.2, -0.15) is 31.6 Å². The van der Waals surface area contributed by atoms with Crippen molar-refractivity contribution in [2.24, 2.45) is 0 Å². The van der Waals surface area contributed by atoms with E-state index in [1.807, 2.05) is 0 Å². The fourth-order valence-electron chi connectivity index (χ4n) is 2.21. The van der Waals surface area contributed by atoms with Gasteiger partial charge in [-0.15, -0.1) is 0 Å². The monoisotopic (exact) mass is 500 g/mol. The summed E-state index contributed by atoms with van der Waals surface area (Å²) < 4.78 is 90.3. The van der Waals surface area contributed by atoms with E-state index in [2.05, 4.69) is 0 Å². The third kappa shape index (κ3) is 4.57. The van der Waals surface area contributed by atoms with Gasteiger partial charge in [0.2, 0.25) is 0 Å². The summed E-state index contributed by atoms with van der Waals surface area (Å²) in [6.45, 7) is 0. The molecule has 28 heavy (non-hydrogen) atoms. The molecule has 0 aliphatic carbocycles. The molecule has 152 valence electrons. The van der Waals surface area contributed by atoms with E-state index in [4.69, 9.17) is 34.8 Å². The van der Waals surface area contributed by atoms with E-state index in [0.29, 0.717) is 16.7 Å². The maximum absolute atomic E-state index is 12.9. The van der Waals surface area contributed by atoms with E-state index < -0.39 is 76.2 Å². The number of alkyl halides is 6. The van der Waals surface area contributed by atoms with Crippen molar-refractivity contribution in [3.8, 4) is 11.8 Å². The van der Waals surface area contributed by atoms with Gasteiger partial charge in [0.15, 0.2) is 0 Å². The third-order valence-electron chi connectivity index (χ3n) is 3.20. The summed E-state index contributed by atoms with van der Waals surface area (Å²) in [4.78, 5) is -0.757. The number of hydrogen-bond donors (Lipinski definition) is 0. The molecule has 2 aromatic rings. The first-order valence-electron chi connectivity index (χ1n) is 6.69. The molecule has 0 bridgehead atoms. The molecule has 0 aliphatic rings. The molecule has 0 saturated carbocycles. The Labute approximate surface area is 175 Å². The van der Waals surface area contributed by atoms with Gasteiger partial charge in [-0.3, -0.25) is 8.78 Å². The fourth-order valence-corrected chi connectivity index (χ4v) is 5.21. The molecule has 0 amide bonds. The van der Waals surface area contributed by atoms with Gasteiger partial charge in [-0.25, -0.2) is 0 Å². The van der Waals surface area contributed by atoms with Crippen molar-refractivity contribution in [2.45, 2.75) is 21.6 Å². The van der Waals surface area contributed by atoms with E-state index >= 15 is 0 Å². The number of aromatic nitrogens is 1. The lowest BCUT2D eigenvalue weighted by Crippen LogP contribution is -2.09. The SMILES string of the molecule is CS(=O)c1c(SC(F)(F)F)c(C#N)c(Cl)n1-c1c(Cl)cc(C(F)(F)F)cc1Cl. The van der Waals surface area contributed by atoms with Crippen molar-refractivity contribution in [3.63, 3.8) is 0 Å². The van der Waals surface area contributed by atoms with Crippen LogP contribution in [0.4, 0.5) is 26.3 Å². The Morgan fingerprint density at radius 2 is 1.61 bits per heavy atom. The largest absolute Gasteiger partial charge is 0.446 e. The Hall–Kier alpha value is -1.06. The van der Waals surface area contributed by atoms with Gasteiger partial charge < -0.3 is 0 Å². The molecule has 1 heterocycles. The van der Waals surface area contributed by atoms with Gasteiger partial charge in [0.05, 0.1) is 37.0 Å². The Balaban J connectivity index is 2.91. The summed E-state index contributed by atoms with van der Waals surface area (Å²) in [5, 5.41) is 6.78. The molecule has 2 rings (SSSR count). The van der Waals surface area contributed by atoms with Crippen LogP contribution in [0.1, 0.15) is 11.1 Å². The van der Waals surface area contributed by atoms with Gasteiger partial charge in [0.1, 0.15) is 21.8 Å². The predicted molar refractivity (Wildman–Crippen MR) is 94.8 cm³/mol. The average Bonchev–Trinajstić information content (AvgIpc) is 2.76. The van der Waals surface area contributed by atoms with Crippen LogP contribution in [0, 0.1) is 11.3 Å². The van der Waals surface area contributed by atoms with Gasteiger partial charge in [0.25, 0.3) is 0 Å². The zero-order chi connectivity index (χ0) is 21.6. The zero-order valence-corrected chi connectivity index (χ0v) is 17.1. The Morgan fingerprint density at radius 1 is 1.11 bits per heavy atom. The second-order valence-electron chi connectivity index (χ2n) is 5.04. The highest BCUT2D eigenvalue weighted by Crippen LogP contribution is 2.47. The highest BCUT2D eigenvalue weighted by molar-refractivity contribution is 8.00. The summed E-state index contributed by atoms with van der Waals surface area (Å²) >= 11 is 17.0. The van der Waals surface area contributed by atoms with E-state index in [1.54, 1.807) is 0 Å². The summed E-state index contributed by atoms with van der Waals surface area (Å²) in [6, 6.07) is 2.45. The zero-order valence-electron chi connectivity index (χ0n) is 13.2. The second kappa shape index (κ2) is 7.99. The quantitative estimate of drug-likeness (QED) is 0.348. The van der Waals surface area contributed by atoms with Crippen molar-refractivity contribution < 1.29 is 30.6 Å². The number of halogens is 9. The van der Waals surface area contributed by atoms with Crippen molar-refractivity contribution in [1.29, 1.82) is 5.26 Å². The highest BCUT2D eigenvalue weighted by Gasteiger charge is 2.38. The van der Waals surface area contributed by atoms with Crippen LogP contribution in [-0.4, -0.2) is 20.5 Å². The third-order valence-corrected chi connectivity index (χ3v) is 6.02. The molecule has 0 N–H and O–H groups in total. The average molecular weight is 502 g/mol. The lowest BCUT2D eigenvalue weighted by molar-refractivity contribution is -0.137. The van der Waals surface area contributed by atoms with Crippen molar-refractivity contribution in [2.75, 3.05) is 6.26 Å². The van der Waals surface area contributed by atoms with Crippen LogP contribution in [0.15, 0.2) is 22.1 Å². The van der Waals surface area contributed by atoms with Crippen molar-refractivity contribution >= 4 is 57.4 Å². The van der Waals surface area contributed by atoms with Crippen molar-refractivity contribution in [3.05, 3.63) is 38.5 Å². The van der Waals surface area contributed by atoms with Gasteiger partial charge in [0, 0.05) is 6.26 Å². The van der Waals surface area contributed by atoms with Crippen LogP contribution in [0.3, 0.4) is 0 Å². The molecule has 0 aliphatic heterocycles. The van der Waals surface area contributed by atoms with Crippen LogP contribution in [-0.2, 0) is 17.0 Å². The van der Waals surface area contributed by atoms with E-state index in [-0.39, 0.29) is 0 Å². The molecule has 0 radical (unpaired) electrons. The second-order valence-corrected chi connectivity index (χ2v) is 8.58. The Bertz CT molecular complexity index is 987. The first kappa shape index (κ1) is 23.2. The fraction of sp³-hybridized carbons (Fsp3) is 0.214.